The molecule has 30 heteroatoms. The van der Waals surface area contributed by atoms with Crippen molar-refractivity contribution >= 4 is 87.5 Å². The van der Waals surface area contributed by atoms with Crippen LogP contribution in [0, 0.1) is 75.1 Å². The second kappa shape index (κ2) is 48.0. The van der Waals surface area contributed by atoms with Crippen molar-refractivity contribution in [2.75, 3.05) is 147 Å². The van der Waals surface area contributed by atoms with Crippen molar-refractivity contribution in [1.29, 1.82) is 0 Å². The van der Waals surface area contributed by atoms with Crippen LogP contribution in [0.25, 0.3) is 33.4 Å². The number of carbonyl (C=O) groups excluding carboxylic acids is 2. The largest absolute Gasteiger partial charge is 0.495 e. The number of nitrogen functional groups attached to an aromatic ring is 2. The molecule has 0 atom stereocenters. The van der Waals surface area contributed by atoms with Crippen LogP contribution in [0.3, 0.4) is 0 Å². The molecule has 139 heavy (non-hydrogen) atoms. The number of morpholine rings is 4. The van der Waals surface area contributed by atoms with Crippen LogP contribution in [-0.4, -0.2) is 196 Å². The van der Waals surface area contributed by atoms with Gasteiger partial charge in [-0.1, -0.05) is 127 Å². The highest BCUT2D eigenvalue weighted by molar-refractivity contribution is 6.62. The highest BCUT2D eigenvalue weighted by Crippen LogP contribution is 2.39. The van der Waals surface area contributed by atoms with Crippen LogP contribution in [0.4, 0.5) is 45.5 Å². The van der Waals surface area contributed by atoms with Crippen LogP contribution < -0.4 is 47.2 Å². The normalized spacial score (nSPS) is 14.8. The van der Waals surface area contributed by atoms with Gasteiger partial charge >= 0.3 is 13.1 Å². The number of nitrogens with one attached hydrogen (secondary N) is 2. The maximum Gasteiger partial charge on any atom is 0.495 e. The third-order valence-electron chi connectivity index (χ3n) is 23.8. The fourth-order valence-electron chi connectivity index (χ4n) is 15.2. The summed E-state index contributed by atoms with van der Waals surface area (Å²) in [4.78, 5) is 88.4. The Morgan fingerprint density at radius 2 is 0.683 bits per heavy atom. The lowest BCUT2D eigenvalue weighted by Crippen LogP contribution is -2.41. The van der Waals surface area contributed by atoms with Crippen molar-refractivity contribution in [2.45, 2.75) is 173 Å². The first kappa shape index (κ1) is 106. The Labute approximate surface area is 824 Å². The Morgan fingerprint density at radius 3 is 1.01 bits per heavy atom. The first-order valence-electron chi connectivity index (χ1n) is 46.5. The molecule has 0 radical (unpaired) electrons. The lowest BCUT2D eigenvalue weighted by Gasteiger charge is -2.32. The zero-order valence-electron chi connectivity index (χ0n) is 83.8. The minimum Gasteiger partial charge on any atom is -0.477 e. The molecule has 0 aliphatic carbocycles. The molecule has 28 nitrogen and oxygen atoms in total. The van der Waals surface area contributed by atoms with E-state index >= 15 is 0 Å². The molecule has 11 aromatic rings. The Bertz CT molecular complexity index is 6240. The zero-order valence-corrected chi connectivity index (χ0v) is 84.6. The zero-order chi connectivity index (χ0) is 101. The van der Waals surface area contributed by atoms with E-state index in [-0.39, 0.29) is 52.1 Å². The molecule has 0 unspecified atom stereocenters. The topological polar surface area (TPSA) is 345 Å². The monoisotopic (exact) mass is 1890 g/mol. The van der Waals surface area contributed by atoms with Gasteiger partial charge in [0.25, 0.3) is 11.8 Å². The van der Waals surface area contributed by atoms with Crippen LogP contribution in [0.2, 0.25) is 5.02 Å². The molecule has 724 valence electrons. The summed E-state index contributed by atoms with van der Waals surface area (Å²) in [5.41, 5.74) is 35.5. The quantitative estimate of drug-likeness (QED) is 0.0407. The number of aromatic nitrogens is 10. The lowest BCUT2D eigenvalue weighted by atomic mass is 9.76. The van der Waals surface area contributed by atoms with Crippen LogP contribution in [0.5, 0.6) is 0 Å². The molecule has 0 spiro atoms. The number of rotatable bonds is 13. The number of nitrogens with two attached hydrogens (primary N) is 2. The van der Waals surface area contributed by atoms with E-state index in [2.05, 4.69) is 236 Å². The molecule has 5 saturated heterocycles. The Morgan fingerprint density at radius 1 is 0.388 bits per heavy atom. The molecule has 0 bridgehead atoms. The van der Waals surface area contributed by atoms with E-state index in [4.69, 9.17) is 56.4 Å². The van der Waals surface area contributed by atoms with Crippen molar-refractivity contribution in [1.82, 2.24) is 49.8 Å². The van der Waals surface area contributed by atoms with Gasteiger partial charge in [0.2, 0.25) is 0 Å². The Kier molecular flexibility index (Phi) is 36.5. The van der Waals surface area contributed by atoms with Gasteiger partial charge in [-0.15, -0.1) is 0 Å². The van der Waals surface area contributed by atoms with Gasteiger partial charge in [-0.05, 0) is 237 Å². The van der Waals surface area contributed by atoms with E-state index in [0.717, 1.165) is 208 Å². The van der Waals surface area contributed by atoms with Gasteiger partial charge in [0.15, 0.2) is 5.69 Å². The minimum absolute atomic E-state index is 0.0416. The van der Waals surface area contributed by atoms with Crippen molar-refractivity contribution in [3.05, 3.63) is 243 Å². The van der Waals surface area contributed by atoms with Crippen LogP contribution in [-0.2, 0) is 44.5 Å². The Hall–Kier alpha value is -13.7. The van der Waals surface area contributed by atoms with Crippen molar-refractivity contribution in [3.63, 3.8) is 0 Å². The summed E-state index contributed by atoms with van der Waals surface area (Å²) in [5.74, 6) is 22.5. The number of carboxylic acid groups (broad SMARTS) is 1. The SMILES string of the molecule is CC#Cc1ncc(-c2cc(N)ccc2C)cc1N1CCOCC1.CC#Cc1ncc(-c2cc(NC(=O)c3cc(C(C)(C)C)ncn3)ccc2C)cc1N1CCOCC1.CC#Cc1ncc(-c2cc(NC(=O)c3cc(C(C)(C)C)ncn3)ccc2C)cc1N1CCOCC1.CC#Cc1ncc(Cl)cc1N1CCOCC1.CC(C)(C)c1cc(C(=O)O)ncn1.Cc1ccc(N)cc1B1OC(C)(C)C(C)(C)O1. The average Bonchev–Trinajstić information content (AvgIpc) is 1.62. The van der Waals surface area contributed by atoms with E-state index in [1.807, 2.05) is 146 Å². The summed E-state index contributed by atoms with van der Waals surface area (Å²) in [6.45, 7) is 54.3. The molecule has 4 aromatic carbocycles. The van der Waals surface area contributed by atoms with Gasteiger partial charge in [-0.2, -0.15) is 0 Å². The third-order valence-corrected chi connectivity index (χ3v) is 24.0. The standard InChI is InChI=1S/2C28H31N5O2.C19H21N3O.C13H20BNO2.C12H13ClN2O.C9H12N2O2/c2*1-6-7-23-25(33-10-12-35-13-11-33)14-20(17-29-23)22-15-21(9-8-19(22)2)32-27(34)24-16-26(28(3,4)5)31-18-30-24;1-3-4-18-19(22-7-9-23-10-8-22)11-15(13-21-18)17-12-16(20)6-5-14(17)2;1-9-6-7-10(15)8-11(9)14-16-12(2,3)13(4,5)17-14;1-2-3-11-12(8-10(13)9-14-11)15-4-6-16-7-5-15;1-9(2,3)7-4-6(8(12)13)10-5-11-7/h2*8-9,14-18H,10-13H2,1-5H3,(H,32,34);5-6,11-13H,7-10,20H2,1-2H3;6-8H,15H2,1-5H3;8-9H,4-7H2,1H3;4-5H,1-3H3,(H,12,13). The number of nitrogens with zero attached hydrogens (tertiary/aromatic N) is 14. The number of hydrogen-bond acceptors (Lipinski definition) is 25. The first-order chi connectivity index (χ1) is 66.1. The molecular formula is C109H128BClN18O10. The molecule has 2 amide bonds. The van der Waals surface area contributed by atoms with Gasteiger partial charge < -0.3 is 75.1 Å². The predicted molar refractivity (Wildman–Crippen MR) is 556 cm³/mol. The Balaban J connectivity index is 0.000000166. The molecule has 5 aliphatic rings. The summed E-state index contributed by atoms with van der Waals surface area (Å²) in [6.07, 6.45) is 11.4. The van der Waals surface area contributed by atoms with Gasteiger partial charge in [-0.3, -0.25) is 9.59 Å². The number of carboxylic acids is 1. The van der Waals surface area contributed by atoms with E-state index in [1.165, 1.54) is 30.6 Å². The lowest BCUT2D eigenvalue weighted by molar-refractivity contribution is 0.00578. The van der Waals surface area contributed by atoms with E-state index < -0.39 is 5.97 Å². The highest BCUT2D eigenvalue weighted by Gasteiger charge is 2.52. The van der Waals surface area contributed by atoms with Gasteiger partial charge in [-0.25, -0.2) is 54.6 Å². The number of anilines is 8. The summed E-state index contributed by atoms with van der Waals surface area (Å²) in [7, 11) is -0.330. The van der Waals surface area contributed by atoms with Gasteiger partial charge in [0, 0.05) is 150 Å². The predicted octanol–water partition coefficient (Wildman–Crippen LogP) is 17.3. The third kappa shape index (κ3) is 29.0. The number of ether oxygens (including phenoxy) is 4. The fraction of sp³-hybridized carbons (Fsp3) is 0.385. The second-order valence-electron chi connectivity index (χ2n) is 37.9. The van der Waals surface area contributed by atoms with Crippen molar-refractivity contribution < 1.29 is 47.7 Å². The second-order valence-corrected chi connectivity index (χ2v) is 38.3. The molecular weight excluding hydrogens is 1770 g/mol. The molecule has 7 N–H and O–H groups in total. The maximum atomic E-state index is 13.0. The summed E-state index contributed by atoms with van der Waals surface area (Å²) in [5, 5.41) is 15.3. The number of benzene rings is 4. The summed E-state index contributed by atoms with van der Waals surface area (Å²) < 4.78 is 33.8. The van der Waals surface area contributed by atoms with Crippen molar-refractivity contribution in [2.24, 2.45) is 0 Å². The molecule has 12 heterocycles. The minimum atomic E-state index is -1.02. The molecule has 0 saturated carbocycles. The van der Waals surface area contributed by atoms with E-state index in [1.54, 1.807) is 25.3 Å². The maximum absolute atomic E-state index is 13.0. The van der Waals surface area contributed by atoms with Crippen LogP contribution >= 0.6 is 11.6 Å². The number of pyridine rings is 4. The summed E-state index contributed by atoms with van der Waals surface area (Å²) in [6, 6.07) is 36.9. The number of aryl methyl sites for hydroxylation is 4. The van der Waals surface area contributed by atoms with Crippen molar-refractivity contribution in [3.8, 4) is 80.7 Å². The smallest absolute Gasteiger partial charge is 0.477 e. The number of carbonyl (C=O) groups is 3. The fourth-order valence-corrected chi connectivity index (χ4v) is 15.3. The number of halogens is 1. The average molecular weight is 1900 g/mol. The van der Waals surface area contributed by atoms with Gasteiger partial charge in [0.05, 0.1) is 91.8 Å². The molecule has 5 fully saturated rings. The van der Waals surface area contributed by atoms with Gasteiger partial charge in [0.1, 0.15) is 53.1 Å². The number of aromatic carboxylic acids is 1. The van der Waals surface area contributed by atoms with Crippen LogP contribution in [0.1, 0.15) is 211 Å². The number of hydrogen-bond donors (Lipinski definition) is 5. The molecule has 7 aromatic heterocycles. The first-order valence-corrected chi connectivity index (χ1v) is 46.8. The van der Waals surface area contributed by atoms with E-state index in [0.29, 0.717) is 54.2 Å². The van der Waals surface area contributed by atoms with Crippen LogP contribution in [0.15, 0.2) is 159 Å². The summed E-state index contributed by atoms with van der Waals surface area (Å²) >= 11 is 5.97. The highest BCUT2D eigenvalue weighted by atomic mass is 35.5. The molecule has 5 aliphatic heterocycles. The molecule has 16 rings (SSSR count). The number of amides is 2. The van der Waals surface area contributed by atoms with E-state index in [9.17, 15) is 14.4 Å².